The molecule has 0 aliphatic heterocycles. The van der Waals surface area contributed by atoms with E-state index in [1.807, 2.05) is 0 Å². The van der Waals surface area contributed by atoms with E-state index in [9.17, 15) is 27.1 Å². The summed E-state index contributed by atoms with van der Waals surface area (Å²) in [5.74, 6) is 0. The Morgan fingerprint density at radius 3 is 2.41 bits per heavy atom. The molecule has 0 aliphatic rings. The van der Waals surface area contributed by atoms with E-state index in [1.54, 1.807) is 0 Å². The molecular weight excluding hydrogens is 373 g/mol. The Balaban J connectivity index is 2.04. The first kappa shape index (κ1) is 18.8. The smallest absolute Gasteiger partial charge is 0.384 e. The molecule has 0 bridgehead atoms. The average molecular weight is 385 g/mol. The van der Waals surface area contributed by atoms with Crippen LogP contribution in [0.3, 0.4) is 0 Å². The molecule has 27 heavy (non-hydrogen) atoms. The molecule has 1 N–H and O–H groups in total. The number of hydrogen-bond donors (Lipinski definition) is 1. The molecule has 0 saturated heterocycles. The summed E-state index contributed by atoms with van der Waals surface area (Å²) in [6, 6.07) is 5.89. The molecule has 6 nitrogen and oxygen atoms in total. The number of benzene rings is 1. The van der Waals surface area contributed by atoms with Crippen LogP contribution in [0.2, 0.25) is 0 Å². The number of nitrogens with zero attached hydrogens (tertiary/aromatic N) is 5. The number of halogens is 5. The number of rotatable bonds is 5. The standard InChI is InChI=1S/C16H12F5N5O/c17-15(18)14(27)13(26-8-23-24-25-26)12-7-10(4-5-22-12)9-2-1-3-11(6-9)16(19,20)21/h1-8,13-15,27H. The van der Waals surface area contributed by atoms with Crippen LogP contribution < -0.4 is 0 Å². The summed E-state index contributed by atoms with van der Waals surface area (Å²) in [5.41, 5.74) is -0.339. The topological polar surface area (TPSA) is 76.7 Å². The fourth-order valence-electron chi connectivity index (χ4n) is 2.57. The second kappa shape index (κ2) is 7.35. The Labute approximate surface area is 149 Å². The van der Waals surface area contributed by atoms with Gasteiger partial charge >= 0.3 is 6.18 Å². The van der Waals surface area contributed by atoms with Crippen LogP contribution in [0.25, 0.3) is 11.1 Å². The summed E-state index contributed by atoms with van der Waals surface area (Å²) in [7, 11) is 0. The zero-order valence-electron chi connectivity index (χ0n) is 13.4. The molecule has 0 amide bonds. The van der Waals surface area contributed by atoms with Gasteiger partial charge in [0.25, 0.3) is 6.43 Å². The van der Waals surface area contributed by atoms with Gasteiger partial charge in [0.15, 0.2) is 0 Å². The second-order valence-corrected chi connectivity index (χ2v) is 5.61. The summed E-state index contributed by atoms with van der Waals surface area (Å²) >= 11 is 0. The minimum atomic E-state index is -4.52. The molecule has 3 rings (SSSR count). The van der Waals surface area contributed by atoms with Crippen LogP contribution >= 0.6 is 0 Å². The highest BCUT2D eigenvalue weighted by molar-refractivity contribution is 5.64. The Bertz CT molecular complexity index is 900. The molecule has 0 spiro atoms. The van der Waals surface area contributed by atoms with Crippen LogP contribution in [-0.2, 0) is 6.18 Å². The number of alkyl halides is 5. The van der Waals surface area contributed by atoms with E-state index in [2.05, 4.69) is 20.5 Å². The molecule has 0 aliphatic carbocycles. The molecule has 0 radical (unpaired) electrons. The SMILES string of the molecule is OC(C(F)F)C(c1cc(-c2cccc(C(F)(F)F)c2)ccn1)n1cnnn1. The maximum Gasteiger partial charge on any atom is 0.416 e. The van der Waals surface area contributed by atoms with Crippen LogP contribution in [0.1, 0.15) is 17.3 Å². The molecule has 142 valence electrons. The van der Waals surface area contributed by atoms with Crippen molar-refractivity contribution in [2.45, 2.75) is 24.7 Å². The van der Waals surface area contributed by atoms with Gasteiger partial charge in [-0.25, -0.2) is 13.5 Å². The highest BCUT2D eigenvalue weighted by Crippen LogP contribution is 2.33. The van der Waals surface area contributed by atoms with Crippen molar-refractivity contribution in [2.24, 2.45) is 0 Å². The zero-order chi connectivity index (χ0) is 19.6. The van der Waals surface area contributed by atoms with Gasteiger partial charge in [0.1, 0.15) is 18.5 Å². The van der Waals surface area contributed by atoms with Gasteiger partial charge in [-0.2, -0.15) is 13.2 Å². The summed E-state index contributed by atoms with van der Waals surface area (Å²) < 4.78 is 65.8. The van der Waals surface area contributed by atoms with Crippen molar-refractivity contribution in [1.82, 2.24) is 25.2 Å². The number of pyridine rings is 1. The molecule has 3 aromatic rings. The van der Waals surface area contributed by atoms with Gasteiger partial charge in [-0.1, -0.05) is 12.1 Å². The molecule has 1 aromatic carbocycles. The Morgan fingerprint density at radius 1 is 1.04 bits per heavy atom. The third kappa shape index (κ3) is 4.08. The van der Waals surface area contributed by atoms with Crippen LogP contribution in [0.5, 0.6) is 0 Å². The summed E-state index contributed by atoms with van der Waals surface area (Å²) in [6.07, 6.45) is -7.52. The first-order valence-electron chi connectivity index (χ1n) is 7.59. The third-order valence-electron chi connectivity index (χ3n) is 3.84. The third-order valence-corrected chi connectivity index (χ3v) is 3.84. The van der Waals surface area contributed by atoms with Crippen molar-refractivity contribution in [3.8, 4) is 11.1 Å². The van der Waals surface area contributed by atoms with E-state index in [1.165, 1.54) is 30.5 Å². The lowest BCUT2D eigenvalue weighted by molar-refractivity contribution is -0.137. The van der Waals surface area contributed by atoms with Crippen LogP contribution in [0, 0.1) is 0 Å². The Hall–Kier alpha value is -2.95. The van der Waals surface area contributed by atoms with Gasteiger partial charge < -0.3 is 5.11 Å². The van der Waals surface area contributed by atoms with Crippen molar-refractivity contribution in [2.75, 3.05) is 0 Å². The van der Waals surface area contributed by atoms with E-state index < -0.39 is 30.3 Å². The van der Waals surface area contributed by atoms with E-state index in [4.69, 9.17) is 0 Å². The van der Waals surface area contributed by atoms with E-state index in [0.717, 1.165) is 23.1 Å². The maximum absolute atomic E-state index is 13.1. The minimum absolute atomic E-state index is 0.0231. The van der Waals surface area contributed by atoms with Crippen molar-refractivity contribution in [3.05, 3.63) is 60.2 Å². The first-order valence-corrected chi connectivity index (χ1v) is 7.59. The second-order valence-electron chi connectivity index (χ2n) is 5.61. The van der Waals surface area contributed by atoms with E-state index >= 15 is 0 Å². The fourth-order valence-corrected chi connectivity index (χ4v) is 2.57. The summed E-state index contributed by atoms with van der Waals surface area (Å²) in [6.45, 7) is 0. The highest BCUT2D eigenvalue weighted by Gasteiger charge is 2.33. The van der Waals surface area contributed by atoms with Crippen molar-refractivity contribution < 1.29 is 27.1 Å². The molecule has 0 fully saturated rings. The van der Waals surface area contributed by atoms with Crippen molar-refractivity contribution in [1.29, 1.82) is 0 Å². The zero-order valence-corrected chi connectivity index (χ0v) is 13.4. The predicted molar refractivity (Wildman–Crippen MR) is 82.6 cm³/mol. The van der Waals surface area contributed by atoms with E-state index in [-0.39, 0.29) is 11.3 Å². The molecule has 2 unspecified atom stereocenters. The fraction of sp³-hybridized carbons (Fsp3) is 0.250. The molecule has 2 heterocycles. The lowest BCUT2D eigenvalue weighted by Gasteiger charge is -2.21. The minimum Gasteiger partial charge on any atom is -0.384 e. The lowest BCUT2D eigenvalue weighted by Crippen LogP contribution is -2.32. The lowest BCUT2D eigenvalue weighted by atomic mass is 10.00. The maximum atomic E-state index is 13.1. The number of tetrazole rings is 1. The van der Waals surface area contributed by atoms with Crippen molar-refractivity contribution >= 4 is 0 Å². The molecule has 0 saturated carbocycles. The Kier molecular flexibility index (Phi) is 5.13. The van der Waals surface area contributed by atoms with E-state index in [0.29, 0.717) is 5.56 Å². The highest BCUT2D eigenvalue weighted by atomic mass is 19.4. The van der Waals surface area contributed by atoms with Gasteiger partial charge in [0.05, 0.1) is 11.3 Å². The van der Waals surface area contributed by atoms with Crippen molar-refractivity contribution in [3.63, 3.8) is 0 Å². The average Bonchev–Trinajstić information content (AvgIpc) is 3.15. The molecule has 2 atom stereocenters. The number of aliphatic hydroxyl groups is 1. The normalized spacial score (nSPS) is 14.3. The molecular formula is C16H12F5N5O. The number of aromatic nitrogens is 5. The van der Waals surface area contributed by atoms with Gasteiger partial charge in [0.2, 0.25) is 0 Å². The largest absolute Gasteiger partial charge is 0.416 e. The van der Waals surface area contributed by atoms with Crippen LogP contribution in [0.15, 0.2) is 48.9 Å². The molecule has 11 heteroatoms. The van der Waals surface area contributed by atoms with Gasteiger partial charge in [-0.15, -0.1) is 5.10 Å². The van der Waals surface area contributed by atoms with Gasteiger partial charge in [0, 0.05) is 6.20 Å². The number of aliphatic hydroxyl groups excluding tert-OH is 1. The van der Waals surface area contributed by atoms with Gasteiger partial charge in [-0.05, 0) is 45.8 Å². The summed E-state index contributed by atoms with van der Waals surface area (Å²) in [4.78, 5) is 3.96. The number of hydrogen-bond acceptors (Lipinski definition) is 5. The Morgan fingerprint density at radius 2 is 1.78 bits per heavy atom. The monoisotopic (exact) mass is 385 g/mol. The summed E-state index contributed by atoms with van der Waals surface area (Å²) in [5, 5.41) is 20.1. The van der Waals surface area contributed by atoms with Crippen LogP contribution in [-0.4, -0.2) is 42.8 Å². The van der Waals surface area contributed by atoms with Gasteiger partial charge in [-0.3, -0.25) is 4.98 Å². The van der Waals surface area contributed by atoms with Crippen LogP contribution in [0.4, 0.5) is 22.0 Å². The molecule has 2 aromatic heterocycles. The quantitative estimate of drug-likeness (QED) is 0.684. The first-order chi connectivity index (χ1) is 12.8. The predicted octanol–water partition coefficient (Wildman–Crippen LogP) is 2.97.